The standard InChI is InChI=1S/C6H8N2OS/c9-10-2-1-8-5-7-3-6(8)4-10/h3,5H,1-2,4H2. The van der Waals surface area contributed by atoms with Gasteiger partial charge in [0.2, 0.25) is 0 Å². The maximum Gasteiger partial charge on any atom is 0.0948 e. The molecule has 0 aromatic carbocycles. The molecule has 1 aromatic rings. The summed E-state index contributed by atoms with van der Waals surface area (Å²) in [6.45, 7) is 0.863. The molecule has 0 spiro atoms. The predicted octanol–water partition coefficient (Wildman–Crippen LogP) is 0.145. The maximum atomic E-state index is 11.0. The molecule has 2 heterocycles. The van der Waals surface area contributed by atoms with Crippen LogP contribution in [0.15, 0.2) is 12.5 Å². The largest absolute Gasteiger partial charge is 0.333 e. The Morgan fingerprint density at radius 3 is 3.50 bits per heavy atom. The Labute approximate surface area is 61.5 Å². The summed E-state index contributed by atoms with van der Waals surface area (Å²) in [5, 5.41) is 0. The molecular formula is C6H8N2OS. The molecule has 0 aliphatic carbocycles. The van der Waals surface area contributed by atoms with Crippen LogP contribution >= 0.6 is 0 Å². The fourth-order valence-corrected chi connectivity index (χ4v) is 2.22. The van der Waals surface area contributed by atoms with Crippen molar-refractivity contribution in [1.82, 2.24) is 9.55 Å². The van der Waals surface area contributed by atoms with Crippen molar-refractivity contribution >= 4 is 10.8 Å². The van der Waals surface area contributed by atoms with Crippen molar-refractivity contribution in [1.29, 1.82) is 0 Å². The maximum absolute atomic E-state index is 11.0. The van der Waals surface area contributed by atoms with Gasteiger partial charge in [-0.2, -0.15) is 0 Å². The number of aryl methyl sites for hydroxylation is 1. The summed E-state index contributed by atoms with van der Waals surface area (Å²) in [5.74, 6) is 1.46. The zero-order valence-corrected chi connectivity index (χ0v) is 6.30. The van der Waals surface area contributed by atoms with Crippen LogP contribution in [0.2, 0.25) is 0 Å². The summed E-state index contributed by atoms with van der Waals surface area (Å²) in [7, 11) is -0.641. The van der Waals surface area contributed by atoms with Crippen LogP contribution in [0.25, 0.3) is 0 Å². The Balaban J connectivity index is 2.39. The van der Waals surface area contributed by atoms with Crippen LogP contribution in [0.4, 0.5) is 0 Å². The van der Waals surface area contributed by atoms with Crippen LogP contribution in [0, 0.1) is 0 Å². The van der Waals surface area contributed by atoms with E-state index < -0.39 is 10.8 Å². The van der Waals surface area contributed by atoms with Gasteiger partial charge < -0.3 is 4.57 Å². The Morgan fingerprint density at radius 2 is 2.60 bits per heavy atom. The molecule has 0 N–H and O–H groups in total. The number of rotatable bonds is 0. The van der Waals surface area contributed by atoms with Crippen molar-refractivity contribution in [2.24, 2.45) is 0 Å². The highest BCUT2D eigenvalue weighted by Gasteiger charge is 2.12. The highest BCUT2D eigenvalue weighted by molar-refractivity contribution is 7.84. The third-order valence-electron chi connectivity index (χ3n) is 1.67. The van der Waals surface area contributed by atoms with E-state index in [2.05, 4.69) is 9.55 Å². The summed E-state index contributed by atoms with van der Waals surface area (Å²) in [6.07, 6.45) is 3.59. The minimum atomic E-state index is -0.641. The van der Waals surface area contributed by atoms with Crippen molar-refractivity contribution in [3.05, 3.63) is 18.2 Å². The molecule has 54 valence electrons. The van der Waals surface area contributed by atoms with Gasteiger partial charge in [0.25, 0.3) is 0 Å². The first kappa shape index (κ1) is 6.09. The number of nitrogens with zero attached hydrogens (tertiary/aromatic N) is 2. The molecule has 0 radical (unpaired) electrons. The lowest BCUT2D eigenvalue weighted by molar-refractivity contribution is 0.653. The van der Waals surface area contributed by atoms with Crippen LogP contribution in [0.1, 0.15) is 5.69 Å². The molecule has 3 nitrogen and oxygen atoms in total. The van der Waals surface area contributed by atoms with Crippen molar-refractivity contribution in [3.8, 4) is 0 Å². The van der Waals surface area contributed by atoms with Gasteiger partial charge in [-0.1, -0.05) is 0 Å². The third kappa shape index (κ3) is 0.883. The van der Waals surface area contributed by atoms with Crippen LogP contribution in [-0.4, -0.2) is 19.5 Å². The molecule has 1 atom stereocenters. The number of hydrogen-bond acceptors (Lipinski definition) is 2. The van der Waals surface area contributed by atoms with Crippen LogP contribution < -0.4 is 0 Å². The van der Waals surface area contributed by atoms with Gasteiger partial charge in [0.1, 0.15) is 0 Å². The third-order valence-corrected chi connectivity index (χ3v) is 2.92. The molecule has 1 aliphatic heterocycles. The SMILES string of the molecule is O=S1CCn2cncc2C1. The van der Waals surface area contributed by atoms with Crippen molar-refractivity contribution in [2.45, 2.75) is 12.3 Å². The second kappa shape index (κ2) is 2.20. The van der Waals surface area contributed by atoms with E-state index >= 15 is 0 Å². The minimum absolute atomic E-state index is 0.641. The first-order valence-corrected chi connectivity index (χ1v) is 4.69. The van der Waals surface area contributed by atoms with Gasteiger partial charge in [-0.25, -0.2) is 4.98 Å². The van der Waals surface area contributed by atoms with Crippen molar-refractivity contribution in [3.63, 3.8) is 0 Å². The predicted molar refractivity (Wildman–Crippen MR) is 38.9 cm³/mol. The van der Waals surface area contributed by atoms with Crippen LogP contribution in [0.3, 0.4) is 0 Å². The van der Waals surface area contributed by atoms with Gasteiger partial charge in [-0.15, -0.1) is 0 Å². The Bertz CT molecular complexity index is 268. The lowest BCUT2D eigenvalue weighted by Gasteiger charge is -2.12. The molecule has 0 bridgehead atoms. The summed E-state index contributed by atoms with van der Waals surface area (Å²) >= 11 is 0. The number of aromatic nitrogens is 2. The number of fused-ring (bicyclic) bond motifs is 1. The van der Waals surface area contributed by atoms with Crippen LogP contribution in [-0.2, 0) is 23.1 Å². The molecule has 4 heteroatoms. The zero-order valence-electron chi connectivity index (χ0n) is 5.49. The summed E-state index contributed by atoms with van der Waals surface area (Å²) < 4.78 is 13.1. The van der Waals surface area contributed by atoms with Gasteiger partial charge in [0, 0.05) is 35.0 Å². The normalized spacial score (nSPS) is 24.2. The second-order valence-electron chi connectivity index (χ2n) is 2.37. The van der Waals surface area contributed by atoms with E-state index in [1.54, 1.807) is 12.5 Å². The van der Waals surface area contributed by atoms with E-state index in [0.717, 1.165) is 18.0 Å². The molecule has 1 aliphatic rings. The van der Waals surface area contributed by atoms with E-state index in [0.29, 0.717) is 5.75 Å². The highest BCUT2D eigenvalue weighted by atomic mass is 32.2. The van der Waals surface area contributed by atoms with E-state index in [4.69, 9.17) is 0 Å². The lowest BCUT2D eigenvalue weighted by Crippen LogP contribution is -2.17. The highest BCUT2D eigenvalue weighted by Crippen LogP contribution is 2.09. The van der Waals surface area contributed by atoms with Gasteiger partial charge in [-0.05, 0) is 0 Å². The zero-order chi connectivity index (χ0) is 6.97. The fourth-order valence-electron chi connectivity index (χ4n) is 1.11. The smallest absolute Gasteiger partial charge is 0.0948 e. The lowest BCUT2D eigenvalue weighted by atomic mass is 10.5. The second-order valence-corrected chi connectivity index (χ2v) is 3.94. The van der Waals surface area contributed by atoms with Gasteiger partial charge in [0.05, 0.1) is 12.1 Å². The van der Waals surface area contributed by atoms with Crippen molar-refractivity contribution in [2.75, 3.05) is 5.75 Å². The van der Waals surface area contributed by atoms with Gasteiger partial charge in [0.15, 0.2) is 0 Å². The monoisotopic (exact) mass is 156 g/mol. The Hall–Kier alpha value is -0.640. The quantitative estimate of drug-likeness (QED) is 0.535. The summed E-state index contributed by atoms with van der Waals surface area (Å²) in [5.41, 5.74) is 1.10. The van der Waals surface area contributed by atoms with E-state index in [1.165, 1.54) is 0 Å². The number of hydrogen-bond donors (Lipinski definition) is 0. The summed E-state index contributed by atoms with van der Waals surface area (Å²) in [6, 6.07) is 0. The molecule has 2 rings (SSSR count). The molecular weight excluding hydrogens is 148 g/mol. The first-order chi connectivity index (χ1) is 4.86. The Morgan fingerprint density at radius 1 is 1.70 bits per heavy atom. The van der Waals surface area contributed by atoms with Gasteiger partial charge >= 0.3 is 0 Å². The average Bonchev–Trinajstić information content (AvgIpc) is 2.33. The molecule has 0 amide bonds. The molecule has 0 saturated carbocycles. The van der Waals surface area contributed by atoms with Crippen LogP contribution in [0.5, 0.6) is 0 Å². The summed E-state index contributed by atoms with van der Waals surface area (Å²) in [4.78, 5) is 3.97. The van der Waals surface area contributed by atoms with Gasteiger partial charge in [-0.3, -0.25) is 4.21 Å². The Kier molecular flexibility index (Phi) is 1.34. The van der Waals surface area contributed by atoms with E-state index in [1.807, 2.05) is 0 Å². The number of imidazole rings is 1. The molecule has 0 saturated heterocycles. The molecule has 1 aromatic heterocycles. The molecule has 0 fully saturated rings. The molecule has 10 heavy (non-hydrogen) atoms. The van der Waals surface area contributed by atoms with E-state index in [-0.39, 0.29) is 0 Å². The topological polar surface area (TPSA) is 34.9 Å². The fraction of sp³-hybridized carbons (Fsp3) is 0.500. The first-order valence-electron chi connectivity index (χ1n) is 3.20. The minimum Gasteiger partial charge on any atom is -0.333 e. The van der Waals surface area contributed by atoms with Crippen molar-refractivity contribution < 1.29 is 4.21 Å². The molecule has 1 unspecified atom stereocenters. The van der Waals surface area contributed by atoms with E-state index in [9.17, 15) is 4.21 Å². The average molecular weight is 156 g/mol.